The van der Waals surface area contributed by atoms with Crippen molar-refractivity contribution in [1.82, 2.24) is 23.7 Å². The Labute approximate surface area is 514 Å². The minimum atomic E-state index is 0.673. The normalized spacial score (nSPS) is 12.3. The Kier molecular flexibility index (Phi) is 10.1. The van der Waals surface area contributed by atoms with E-state index in [4.69, 9.17) is 9.97 Å². The van der Waals surface area contributed by atoms with E-state index in [2.05, 4.69) is 287 Å². The maximum absolute atomic E-state index is 5.68. The topological polar surface area (TPSA) is 40.6 Å². The minimum absolute atomic E-state index is 0.673. The summed E-state index contributed by atoms with van der Waals surface area (Å²) in [5.41, 5.74) is 16.5. The lowest BCUT2D eigenvalue weighted by Crippen LogP contribution is -1.99. The van der Waals surface area contributed by atoms with E-state index in [-0.39, 0.29) is 0 Å². The summed E-state index contributed by atoms with van der Waals surface area (Å²) >= 11 is 5.63. The average Bonchev–Trinajstić information content (AvgIpc) is 1.91. The van der Waals surface area contributed by atoms with Crippen molar-refractivity contribution in [3.8, 4) is 50.8 Å². The highest BCUT2D eigenvalue weighted by Gasteiger charge is 2.23. The quantitative estimate of drug-likeness (QED) is 0.166. The van der Waals surface area contributed by atoms with Crippen LogP contribution in [0.2, 0.25) is 0 Å². The number of rotatable bonds is 6. The first kappa shape index (κ1) is 48.5. The summed E-state index contributed by atoms with van der Waals surface area (Å²) in [7, 11) is 0. The summed E-state index contributed by atoms with van der Waals surface area (Å²) in [4.78, 5) is 11.2. The van der Waals surface area contributed by atoms with Gasteiger partial charge in [0, 0.05) is 112 Å². The van der Waals surface area contributed by atoms with E-state index in [0.29, 0.717) is 5.82 Å². The first-order chi connectivity index (χ1) is 43.6. The van der Waals surface area contributed by atoms with Gasteiger partial charge < -0.3 is 13.7 Å². The number of aromatic nitrogens is 5. The lowest BCUT2D eigenvalue weighted by atomic mass is 9.99. The van der Waals surface area contributed by atoms with Crippen molar-refractivity contribution in [3.63, 3.8) is 0 Å². The van der Waals surface area contributed by atoms with Crippen molar-refractivity contribution in [1.29, 1.82) is 0 Å². The highest BCUT2D eigenvalue weighted by atomic mass is 32.1. The van der Waals surface area contributed by atoms with Gasteiger partial charge in [-0.1, -0.05) is 188 Å². The van der Waals surface area contributed by atoms with Crippen molar-refractivity contribution in [3.05, 3.63) is 273 Å². The highest BCUT2D eigenvalue weighted by Crippen LogP contribution is 2.47. The Morgan fingerprint density at radius 2 is 0.636 bits per heavy atom. The van der Waals surface area contributed by atoms with Crippen LogP contribution in [0, 0.1) is 0 Å². The van der Waals surface area contributed by atoms with E-state index in [1.54, 1.807) is 0 Å². The molecule has 0 aliphatic heterocycles. The first-order valence-corrected chi connectivity index (χ1v) is 32.2. The second-order valence-electron chi connectivity index (χ2n) is 23.1. The van der Waals surface area contributed by atoms with Crippen molar-refractivity contribution < 1.29 is 0 Å². The van der Waals surface area contributed by atoms with E-state index >= 15 is 0 Å². The zero-order valence-corrected chi connectivity index (χ0v) is 49.4. The summed E-state index contributed by atoms with van der Waals surface area (Å²) in [5.74, 6) is 0.673. The molecule has 0 saturated carbocycles. The standard InChI is InChI=1S/C80H45N5S3/c1-7-22-67-53(16-1)59-37-40-62-56-19-4-10-25-70(56)86-77(62)74(59)83(67)50-33-28-46(29-34-50)48-32-43-66-65(45-48)73(47-30-35-51(36-31-47)84-68-23-8-2-17-54(68)60-38-41-63-57-20-5-11-26-71(57)87-78(63)75(60)84)82-80(81-66)49-14-13-15-52(44-49)85-69-24-9-3-18-55(69)61-39-42-64-58-21-6-12-27-72(58)88-79(64)76(61)85/h1-45H. The third-order valence-electron chi connectivity index (χ3n) is 18.5. The number of nitrogens with zero attached hydrogens (tertiary/aromatic N) is 5. The fraction of sp³-hybridized carbons (Fsp3) is 0. The predicted octanol–water partition coefficient (Wildman–Crippen LogP) is 23.0. The Hall–Kier alpha value is -10.7. The molecule has 0 saturated heterocycles. The molecule has 0 bridgehead atoms. The Morgan fingerprint density at radius 1 is 0.239 bits per heavy atom. The Balaban J connectivity index is 0.763. The third kappa shape index (κ3) is 6.90. The molecule has 13 aromatic carbocycles. The molecule has 0 atom stereocenters. The van der Waals surface area contributed by atoms with Gasteiger partial charge in [-0.25, -0.2) is 9.97 Å². The van der Waals surface area contributed by atoms with E-state index in [1.165, 1.54) is 126 Å². The van der Waals surface area contributed by atoms with E-state index in [1.807, 2.05) is 34.0 Å². The van der Waals surface area contributed by atoms with Crippen LogP contribution < -0.4 is 0 Å². The molecule has 5 nitrogen and oxygen atoms in total. The van der Waals surface area contributed by atoms with Crippen LogP contribution in [0.4, 0.5) is 0 Å². The lowest BCUT2D eigenvalue weighted by Gasteiger charge is -2.14. The monoisotopic (exact) mass is 1170 g/mol. The van der Waals surface area contributed by atoms with Crippen molar-refractivity contribution in [2.75, 3.05) is 0 Å². The molecule has 0 fully saturated rings. The smallest absolute Gasteiger partial charge is 0.160 e. The van der Waals surface area contributed by atoms with Gasteiger partial charge in [0.05, 0.1) is 58.4 Å². The lowest BCUT2D eigenvalue weighted by molar-refractivity contribution is 1.17. The number of hydrogen-bond acceptors (Lipinski definition) is 5. The zero-order valence-electron chi connectivity index (χ0n) is 46.9. The van der Waals surface area contributed by atoms with Gasteiger partial charge in [0.25, 0.3) is 0 Å². The molecule has 0 N–H and O–H groups in total. The number of benzene rings is 13. The molecular weight excluding hydrogens is 1130 g/mol. The number of hydrogen-bond donors (Lipinski definition) is 0. The molecule has 0 unspecified atom stereocenters. The van der Waals surface area contributed by atoms with Crippen LogP contribution >= 0.6 is 34.0 Å². The molecule has 7 heterocycles. The fourth-order valence-electron chi connectivity index (χ4n) is 14.5. The summed E-state index contributed by atoms with van der Waals surface area (Å²) in [5, 5.41) is 16.2. The molecule has 0 spiro atoms. The molecule has 0 amide bonds. The average molecular weight is 1170 g/mol. The molecule has 88 heavy (non-hydrogen) atoms. The summed E-state index contributed by atoms with van der Waals surface area (Å²) < 4.78 is 15.2. The SMILES string of the molecule is c1cc(-c2nc(-c3ccc(-n4c5ccccc5c5ccc6c7ccccc7sc6c54)cc3)c3cc(-c4ccc(-n5c6ccccc6c6ccc7c8ccccc8sc7c65)cc4)ccc3n2)cc(-n2c3ccccc3c3ccc4c5ccccc5sc4c32)c1. The largest absolute Gasteiger partial charge is 0.308 e. The number of fused-ring (bicyclic) bond motifs is 22. The summed E-state index contributed by atoms with van der Waals surface area (Å²) in [6.45, 7) is 0. The van der Waals surface area contributed by atoms with Gasteiger partial charge in [-0.3, -0.25) is 0 Å². The Morgan fingerprint density at radius 3 is 1.11 bits per heavy atom. The van der Waals surface area contributed by atoms with Gasteiger partial charge >= 0.3 is 0 Å². The summed E-state index contributed by atoms with van der Waals surface area (Å²) in [6, 6.07) is 100. The molecular formula is C80H45N5S3. The van der Waals surface area contributed by atoms with Crippen molar-refractivity contribution in [2.24, 2.45) is 0 Å². The summed E-state index contributed by atoms with van der Waals surface area (Å²) in [6.07, 6.45) is 0. The maximum Gasteiger partial charge on any atom is 0.160 e. The van der Waals surface area contributed by atoms with Gasteiger partial charge in [-0.05, 0) is 96.1 Å². The van der Waals surface area contributed by atoms with Crippen LogP contribution in [-0.2, 0) is 0 Å². The molecule has 0 aliphatic carbocycles. The molecule has 408 valence electrons. The van der Waals surface area contributed by atoms with Crippen LogP contribution in [0.15, 0.2) is 273 Å². The van der Waals surface area contributed by atoms with Gasteiger partial charge in [0.15, 0.2) is 5.82 Å². The van der Waals surface area contributed by atoms with Crippen LogP contribution in [0.3, 0.4) is 0 Å². The zero-order chi connectivity index (χ0) is 57.3. The van der Waals surface area contributed by atoms with Crippen molar-refractivity contribution in [2.45, 2.75) is 0 Å². The predicted molar refractivity (Wildman–Crippen MR) is 378 cm³/mol. The van der Waals surface area contributed by atoms with Crippen LogP contribution in [-0.4, -0.2) is 23.7 Å². The molecule has 0 aliphatic rings. The van der Waals surface area contributed by atoms with Crippen molar-refractivity contribution >= 4 is 171 Å². The van der Waals surface area contributed by atoms with Gasteiger partial charge in [0.2, 0.25) is 0 Å². The molecule has 20 aromatic rings. The number of para-hydroxylation sites is 3. The number of thiophene rings is 3. The second kappa shape index (κ2) is 18.4. The van der Waals surface area contributed by atoms with Crippen LogP contribution in [0.5, 0.6) is 0 Å². The van der Waals surface area contributed by atoms with Crippen LogP contribution in [0.1, 0.15) is 0 Å². The first-order valence-electron chi connectivity index (χ1n) is 29.8. The molecule has 20 rings (SSSR count). The fourth-order valence-corrected chi connectivity index (χ4v) is 18.2. The highest BCUT2D eigenvalue weighted by molar-refractivity contribution is 7.27. The second-order valence-corrected chi connectivity index (χ2v) is 26.3. The van der Waals surface area contributed by atoms with Gasteiger partial charge in [-0.15, -0.1) is 34.0 Å². The van der Waals surface area contributed by atoms with E-state index < -0.39 is 0 Å². The Bertz CT molecular complexity index is 6370. The third-order valence-corrected chi connectivity index (χ3v) is 22.0. The van der Waals surface area contributed by atoms with Crippen LogP contribution in [0.25, 0.3) is 188 Å². The van der Waals surface area contributed by atoms with E-state index in [0.717, 1.165) is 55.9 Å². The van der Waals surface area contributed by atoms with Gasteiger partial charge in [-0.2, -0.15) is 0 Å². The van der Waals surface area contributed by atoms with Gasteiger partial charge in [0.1, 0.15) is 0 Å². The minimum Gasteiger partial charge on any atom is -0.308 e. The molecule has 7 aromatic heterocycles. The molecule has 0 radical (unpaired) electrons. The maximum atomic E-state index is 5.68. The molecule has 8 heteroatoms. The van der Waals surface area contributed by atoms with E-state index in [9.17, 15) is 0 Å².